The molecule has 0 rings (SSSR count). The zero-order valence-electron chi connectivity index (χ0n) is 6.41. The van der Waals surface area contributed by atoms with E-state index in [0.29, 0.717) is 5.71 Å². The number of hydrogen-bond donors (Lipinski definition) is 2. The van der Waals surface area contributed by atoms with E-state index >= 15 is 0 Å². The van der Waals surface area contributed by atoms with Crippen LogP contribution in [0.2, 0.25) is 0 Å². The lowest BCUT2D eigenvalue weighted by atomic mass is 10.2. The van der Waals surface area contributed by atoms with Gasteiger partial charge in [-0.15, -0.1) is 11.8 Å². The first-order valence-corrected chi connectivity index (χ1v) is 4.09. The zero-order valence-corrected chi connectivity index (χ0v) is 7.22. The van der Waals surface area contributed by atoms with Gasteiger partial charge in [-0.3, -0.25) is 0 Å². The topological polar surface area (TPSA) is 35.9 Å². The minimum absolute atomic E-state index is 0.167. The molecule has 0 aromatic heterocycles. The summed E-state index contributed by atoms with van der Waals surface area (Å²) in [6.45, 7) is 3.81. The predicted molar refractivity (Wildman–Crippen MR) is 44.4 cm³/mol. The third-order valence-corrected chi connectivity index (χ3v) is 2.93. The molecule has 0 unspecified atom stereocenters. The number of nitrogens with one attached hydrogen (secondary N) is 2. The average Bonchev–Trinajstić information content (AvgIpc) is 1.86. The average molecular weight is 146 g/mol. The van der Waals surface area contributed by atoms with E-state index in [2.05, 4.69) is 5.32 Å². The summed E-state index contributed by atoms with van der Waals surface area (Å²) in [5.41, 5.74) is 0.664. The first-order chi connectivity index (χ1) is 4.06. The van der Waals surface area contributed by atoms with Crippen molar-refractivity contribution in [2.24, 2.45) is 0 Å². The second-order valence-corrected chi connectivity index (χ2v) is 3.34. The van der Waals surface area contributed by atoms with Crippen LogP contribution in [0.5, 0.6) is 0 Å². The van der Waals surface area contributed by atoms with Gasteiger partial charge in [-0.1, -0.05) is 0 Å². The maximum Gasteiger partial charge on any atom is 0.0990 e. The number of hydrogen-bond acceptors (Lipinski definition) is 3. The molecule has 0 aromatic rings. The summed E-state index contributed by atoms with van der Waals surface area (Å²) >= 11 is 1.64. The van der Waals surface area contributed by atoms with Crippen LogP contribution in [0.1, 0.15) is 13.8 Å². The lowest BCUT2D eigenvalue weighted by molar-refractivity contribution is 0.701. The molecular weight excluding hydrogens is 132 g/mol. The molecule has 0 aliphatic carbocycles. The molecule has 0 amide bonds. The molecule has 0 aromatic carbocycles. The van der Waals surface area contributed by atoms with Crippen LogP contribution in [-0.4, -0.2) is 23.9 Å². The summed E-state index contributed by atoms with van der Waals surface area (Å²) in [5.74, 6) is 0. The van der Waals surface area contributed by atoms with E-state index < -0.39 is 0 Å². The molecule has 0 heterocycles. The molecule has 0 aliphatic heterocycles. The van der Waals surface area contributed by atoms with Gasteiger partial charge < -0.3 is 10.7 Å². The summed E-state index contributed by atoms with van der Waals surface area (Å²) < 4.78 is 0. The van der Waals surface area contributed by atoms with Crippen LogP contribution < -0.4 is 5.32 Å². The van der Waals surface area contributed by atoms with Gasteiger partial charge >= 0.3 is 0 Å². The Morgan fingerprint density at radius 2 is 2.11 bits per heavy atom. The smallest absolute Gasteiger partial charge is 0.0990 e. The van der Waals surface area contributed by atoms with Crippen LogP contribution in [0, 0.1) is 5.41 Å². The molecule has 2 N–H and O–H groups in total. The van der Waals surface area contributed by atoms with Gasteiger partial charge in [-0.25, -0.2) is 0 Å². The summed E-state index contributed by atoms with van der Waals surface area (Å²) in [5, 5.41) is 10.4. The summed E-state index contributed by atoms with van der Waals surface area (Å²) in [4.78, 5) is -0.167. The Morgan fingerprint density at radius 1 is 1.67 bits per heavy atom. The Bertz CT molecular complexity index is 108. The Morgan fingerprint density at radius 3 is 2.11 bits per heavy atom. The first-order valence-electron chi connectivity index (χ1n) is 2.86. The highest BCUT2D eigenvalue weighted by molar-refractivity contribution is 8.00. The molecular formula is C6H14N2S. The molecule has 0 saturated heterocycles. The van der Waals surface area contributed by atoms with Gasteiger partial charge in [0.2, 0.25) is 0 Å². The number of rotatable bonds is 3. The minimum atomic E-state index is -0.167. The SMILES string of the molecule is CN[C@](C)(SC)C(C)=N. The van der Waals surface area contributed by atoms with Crippen molar-refractivity contribution in [3.8, 4) is 0 Å². The van der Waals surface area contributed by atoms with Crippen molar-refractivity contribution in [1.82, 2.24) is 5.32 Å². The third kappa shape index (κ3) is 1.99. The van der Waals surface area contributed by atoms with E-state index in [9.17, 15) is 0 Å². The highest BCUT2D eigenvalue weighted by Crippen LogP contribution is 2.18. The summed E-state index contributed by atoms with van der Waals surface area (Å²) in [7, 11) is 1.87. The fourth-order valence-electron chi connectivity index (χ4n) is 0.443. The second-order valence-electron chi connectivity index (χ2n) is 2.11. The minimum Gasteiger partial charge on any atom is -0.307 e. The van der Waals surface area contributed by atoms with Gasteiger partial charge in [-0.05, 0) is 27.2 Å². The van der Waals surface area contributed by atoms with E-state index in [-0.39, 0.29) is 4.87 Å². The first kappa shape index (κ1) is 8.98. The van der Waals surface area contributed by atoms with Crippen LogP contribution in [-0.2, 0) is 0 Å². The quantitative estimate of drug-likeness (QED) is 0.465. The van der Waals surface area contributed by atoms with E-state index in [1.54, 1.807) is 11.8 Å². The molecule has 1 atom stereocenters. The van der Waals surface area contributed by atoms with Crippen LogP contribution in [0.4, 0.5) is 0 Å². The van der Waals surface area contributed by atoms with Crippen molar-refractivity contribution < 1.29 is 0 Å². The van der Waals surface area contributed by atoms with Gasteiger partial charge in [-0.2, -0.15) is 0 Å². The van der Waals surface area contributed by atoms with Crippen molar-refractivity contribution in [2.45, 2.75) is 18.7 Å². The highest BCUT2D eigenvalue weighted by Gasteiger charge is 2.21. The molecule has 9 heavy (non-hydrogen) atoms. The van der Waals surface area contributed by atoms with Crippen molar-refractivity contribution in [1.29, 1.82) is 5.41 Å². The van der Waals surface area contributed by atoms with Crippen LogP contribution in [0.3, 0.4) is 0 Å². The molecule has 54 valence electrons. The normalized spacial score (nSPS) is 16.9. The molecule has 3 heteroatoms. The van der Waals surface area contributed by atoms with Gasteiger partial charge in [0.25, 0.3) is 0 Å². The van der Waals surface area contributed by atoms with Crippen LogP contribution in [0.15, 0.2) is 0 Å². The molecule has 0 saturated carbocycles. The molecule has 0 bridgehead atoms. The Labute approximate surface area is 60.9 Å². The van der Waals surface area contributed by atoms with E-state index in [4.69, 9.17) is 5.41 Å². The van der Waals surface area contributed by atoms with E-state index in [1.807, 2.05) is 27.2 Å². The van der Waals surface area contributed by atoms with E-state index in [1.165, 1.54) is 0 Å². The largest absolute Gasteiger partial charge is 0.307 e. The highest BCUT2D eigenvalue weighted by atomic mass is 32.2. The van der Waals surface area contributed by atoms with Crippen molar-refractivity contribution in [3.63, 3.8) is 0 Å². The zero-order chi connectivity index (χ0) is 7.49. The maximum atomic E-state index is 7.36. The van der Waals surface area contributed by atoms with Crippen LogP contribution in [0.25, 0.3) is 0 Å². The standard InChI is InChI=1S/C6H14N2S/c1-5(7)6(2,8-3)9-4/h7-8H,1-4H3/t6-/m1/s1. The maximum absolute atomic E-state index is 7.36. The monoisotopic (exact) mass is 146 g/mol. The van der Waals surface area contributed by atoms with Gasteiger partial charge in [0, 0.05) is 5.71 Å². The van der Waals surface area contributed by atoms with Gasteiger partial charge in [0.15, 0.2) is 0 Å². The Balaban J connectivity index is 4.09. The Hall–Kier alpha value is -0.0200. The predicted octanol–water partition coefficient (Wildman–Crippen LogP) is 1.32. The fraction of sp³-hybridized carbons (Fsp3) is 0.833. The lowest BCUT2D eigenvalue weighted by Crippen LogP contribution is -2.42. The van der Waals surface area contributed by atoms with Crippen molar-refractivity contribution in [3.05, 3.63) is 0 Å². The number of thioether (sulfide) groups is 1. The van der Waals surface area contributed by atoms with Gasteiger partial charge in [0.1, 0.15) is 0 Å². The fourth-order valence-corrected chi connectivity index (χ4v) is 0.953. The summed E-state index contributed by atoms with van der Waals surface area (Å²) in [6.07, 6.45) is 1.99. The molecule has 0 aliphatic rings. The molecule has 0 radical (unpaired) electrons. The van der Waals surface area contributed by atoms with Gasteiger partial charge in [0.05, 0.1) is 4.87 Å². The Kier molecular flexibility index (Phi) is 3.22. The summed E-state index contributed by atoms with van der Waals surface area (Å²) in [6, 6.07) is 0. The lowest BCUT2D eigenvalue weighted by Gasteiger charge is -2.25. The second kappa shape index (κ2) is 3.22. The molecule has 2 nitrogen and oxygen atoms in total. The van der Waals surface area contributed by atoms with Crippen LogP contribution >= 0.6 is 11.8 Å². The van der Waals surface area contributed by atoms with E-state index in [0.717, 1.165) is 0 Å². The molecule has 0 spiro atoms. The third-order valence-electron chi connectivity index (χ3n) is 1.60. The van der Waals surface area contributed by atoms with Crippen molar-refractivity contribution in [2.75, 3.05) is 13.3 Å². The molecule has 0 fully saturated rings. The van der Waals surface area contributed by atoms with Crippen molar-refractivity contribution >= 4 is 17.5 Å².